The van der Waals surface area contributed by atoms with Gasteiger partial charge in [-0.25, -0.2) is 0 Å². The Kier molecular flexibility index (Phi) is 3.15. The number of rotatable bonds is 2. The molecule has 11 heavy (non-hydrogen) atoms. The minimum Gasteiger partial charge on any atom is -0.337 e. The third kappa shape index (κ3) is 1.84. The van der Waals surface area contributed by atoms with Gasteiger partial charge in [0, 0.05) is 19.1 Å². The van der Waals surface area contributed by atoms with Gasteiger partial charge in [-0.3, -0.25) is 4.79 Å². The summed E-state index contributed by atoms with van der Waals surface area (Å²) in [7, 11) is 0. The predicted molar refractivity (Wildman–Crippen MR) is 44.5 cm³/mol. The van der Waals surface area contributed by atoms with E-state index >= 15 is 0 Å². The largest absolute Gasteiger partial charge is 0.337 e. The quantitative estimate of drug-likeness (QED) is 0.610. The van der Waals surface area contributed by atoms with E-state index < -0.39 is 0 Å². The first-order valence-corrected chi connectivity index (χ1v) is 4.38. The molecule has 0 saturated carbocycles. The zero-order valence-electron chi connectivity index (χ0n) is 6.42. The van der Waals surface area contributed by atoms with Gasteiger partial charge in [-0.1, -0.05) is 0 Å². The monoisotopic (exact) mass is 176 g/mol. The Morgan fingerprint density at radius 3 is 3.00 bits per heavy atom. The van der Waals surface area contributed by atoms with Crippen molar-refractivity contribution in [2.45, 2.75) is 18.9 Å². The second-order valence-electron chi connectivity index (χ2n) is 2.75. The summed E-state index contributed by atoms with van der Waals surface area (Å²) in [6.45, 7) is 1.38. The molecule has 1 heterocycles. The first-order valence-electron chi connectivity index (χ1n) is 3.85. The fourth-order valence-corrected chi connectivity index (χ4v) is 1.64. The average Bonchev–Trinajstić information content (AvgIpc) is 2.50. The molecule has 1 saturated heterocycles. The van der Waals surface area contributed by atoms with Gasteiger partial charge in [0.1, 0.15) is 5.88 Å². The van der Waals surface area contributed by atoms with Crippen LogP contribution in [0.5, 0.6) is 0 Å². The number of halogens is 1. The smallest absolute Gasteiger partial charge is 0.237 e. The van der Waals surface area contributed by atoms with Gasteiger partial charge >= 0.3 is 0 Å². The van der Waals surface area contributed by atoms with Crippen molar-refractivity contribution in [1.29, 1.82) is 0 Å². The number of carbonyl (C=O) groups excluding carboxylic acids is 1. The van der Waals surface area contributed by atoms with Gasteiger partial charge in [0.25, 0.3) is 0 Å². The Balaban J connectivity index is 2.49. The molecule has 1 aliphatic rings. The lowest BCUT2D eigenvalue weighted by Crippen LogP contribution is -2.40. The summed E-state index contributed by atoms with van der Waals surface area (Å²) in [4.78, 5) is 12.9. The zero-order valence-corrected chi connectivity index (χ0v) is 7.18. The Hall–Kier alpha value is -0.280. The maximum absolute atomic E-state index is 11.1. The van der Waals surface area contributed by atoms with Gasteiger partial charge < -0.3 is 10.6 Å². The Bertz CT molecular complexity index is 151. The summed E-state index contributed by atoms with van der Waals surface area (Å²) >= 11 is 5.42. The molecule has 0 aromatic carbocycles. The van der Waals surface area contributed by atoms with Gasteiger partial charge in [0.05, 0.1) is 0 Å². The van der Waals surface area contributed by atoms with Crippen LogP contribution >= 0.6 is 11.6 Å². The van der Waals surface area contributed by atoms with Crippen LogP contribution in [0.2, 0.25) is 0 Å². The van der Waals surface area contributed by atoms with Crippen molar-refractivity contribution in [2.24, 2.45) is 5.73 Å². The normalized spacial score (nSPS) is 24.2. The summed E-state index contributed by atoms with van der Waals surface area (Å²) in [5.41, 5.74) is 5.48. The maximum Gasteiger partial charge on any atom is 0.237 e. The molecule has 1 fully saturated rings. The fourth-order valence-electron chi connectivity index (χ4n) is 1.49. The number of amides is 1. The van der Waals surface area contributed by atoms with Crippen LogP contribution in [0.3, 0.4) is 0 Å². The van der Waals surface area contributed by atoms with Crippen molar-refractivity contribution in [3.05, 3.63) is 0 Å². The van der Waals surface area contributed by atoms with E-state index in [1.807, 2.05) is 0 Å². The van der Waals surface area contributed by atoms with Crippen LogP contribution in [0.25, 0.3) is 0 Å². The fraction of sp³-hybridized carbons (Fsp3) is 0.857. The van der Waals surface area contributed by atoms with Gasteiger partial charge in [0.2, 0.25) is 5.91 Å². The van der Waals surface area contributed by atoms with Crippen LogP contribution < -0.4 is 5.73 Å². The highest BCUT2D eigenvalue weighted by atomic mass is 35.5. The molecule has 1 unspecified atom stereocenters. The molecule has 0 aromatic heterocycles. The average molecular weight is 177 g/mol. The summed E-state index contributed by atoms with van der Waals surface area (Å²) in [6, 6.07) is 0.237. The molecule has 0 aromatic rings. The lowest BCUT2D eigenvalue weighted by Gasteiger charge is -2.22. The maximum atomic E-state index is 11.1. The van der Waals surface area contributed by atoms with Gasteiger partial charge in [-0.15, -0.1) is 11.6 Å². The number of hydrogen-bond donors (Lipinski definition) is 1. The third-order valence-corrected chi connectivity index (χ3v) is 2.31. The van der Waals surface area contributed by atoms with Crippen LogP contribution in [0, 0.1) is 0 Å². The number of alkyl halides is 1. The van der Waals surface area contributed by atoms with Crippen LogP contribution in [-0.2, 0) is 4.79 Å². The van der Waals surface area contributed by atoms with Gasteiger partial charge in [-0.2, -0.15) is 0 Å². The molecule has 1 rings (SSSR count). The van der Waals surface area contributed by atoms with E-state index in [1.165, 1.54) is 0 Å². The van der Waals surface area contributed by atoms with E-state index in [1.54, 1.807) is 4.90 Å². The highest BCUT2D eigenvalue weighted by Crippen LogP contribution is 2.16. The molecule has 0 radical (unpaired) electrons. The second kappa shape index (κ2) is 3.93. The van der Waals surface area contributed by atoms with E-state index in [9.17, 15) is 4.79 Å². The molecule has 4 heteroatoms. The topological polar surface area (TPSA) is 46.3 Å². The van der Waals surface area contributed by atoms with Crippen molar-refractivity contribution in [3.8, 4) is 0 Å². The third-order valence-electron chi connectivity index (χ3n) is 2.08. The Morgan fingerprint density at radius 1 is 1.73 bits per heavy atom. The SMILES string of the molecule is NCC1CCCN1C(=O)CCl. The van der Waals surface area contributed by atoms with E-state index in [0.29, 0.717) is 6.54 Å². The van der Waals surface area contributed by atoms with E-state index in [0.717, 1.165) is 19.4 Å². The molecule has 64 valence electrons. The molecule has 1 atom stereocenters. The predicted octanol–water partition coefficient (Wildman–Crippen LogP) is 0.175. The van der Waals surface area contributed by atoms with Crippen molar-refractivity contribution in [2.75, 3.05) is 19.0 Å². The summed E-state index contributed by atoms with van der Waals surface area (Å²) in [5, 5.41) is 0. The molecule has 2 N–H and O–H groups in total. The first kappa shape index (κ1) is 8.81. The summed E-state index contributed by atoms with van der Waals surface area (Å²) in [5.74, 6) is 0.0934. The zero-order chi connectivity index (χ0) is 8.27. The summed E-state index contributed by atoms with van der Waals surface area (Å²) in [6.07, 6.45) is 2.09. The van der Waals surface area contributed by atoms with Crippen molar-refractivity contribution in [1.82, 2.24) is 4.90 Å². The van der Waals surface area contributed by atoms with E-state index in [-0.39, 0.29) is 17.8 Å². The number of hydrogen-bond acceptors (Lipinski definition) is 2. The van der Waals surface area contributed by atoms with E-state index in [4.69, 9.17) is 17.3 Å². The first-order chi connectivity index (χ1) is 5.29. The van der Waals surface area contributed by atoms with Crippen LogP contribution in [0.15, 0.2) is 0 Å². The molecule has 3 nitrogen and oxygen atoms in total. The standard InChI is InChI=1S/C7H13ClN2O/c8-4-7(11)10-3-1-2-6(10)5-9/h6H,1-5,9H2. The number of nitrogens with two attached hydrogens (primary N) is 1. The van der Waals surface area contributed by atoms with E-state index in [2.05, 4.69) is 0 Å². The van der Waals surface area contributed by atoms with Crippen molar-refractivity contribution >= 4 is 17.5 Å². The number of nitrogens with zero attached hydrogens (tertiary/aromatic N) is 1. The molecular formula is C7H13ClN2O. The number of carbonyl (C=O) groups is 1. The molecular weight excluding hydrogens is 164 g/mol. The summed E-state index contributed by atoms with van der Waals surface area (Å²) < 4.78 is 0. The second-order valence-corrected chi connectivity index (χ2v) is 3.02. The highest BCUT2D eigenvalue weighted by Gasteiger charge is 2.26. The van der Waals surface area contributed by atoms with Crippen LogP contribution in [0.4, 0.5) is 0 Å². The molecule has 1 amide bonds. The minimum absolute atomic E-state index is 0.0135. The lowest BCUT2D eigenvalue weighted by molar-refractivity contribution is -0.129. The molecule has 0 bridgehead atoms. The molecule has 0 aliphatic carbocycles. The lowest BCUT2D eigenvalue weighted by atomic mass is 10.2. The molecule has 0 spiro atoms. The molecule has 1 aliphatic heterocycles. The van der Waals surface area contributed by atoms with Crippen molar-refractivity contribution in [3.63, 3.8) is 0 Å². The van der Waals surface area contributed by atoms with Gasteiger partial charge in [0.15, 0.2) is 0 Å². The highest BCUT2D eigenvalue weighted by molar-refractivity contribution is 6.27. The minimum atomic E-state index is 0.0135. The van der Waals surface area contributed by atoms with Crippen LogP contribution in [-0.4, -0.2) is 35.8 Å². The van der Waals surface area contributed by atoms with Crippen LogP contribution in [0.1, 0.15) is 12.8 Å². The van der Waals surface area contributed by atoms with Gasteiger partial charge in [-0.05, 0) is 12.8 Å². The Labute approximate surface area is 71.5 Å². The Morgan fingerprint density at radius 2 is 2.45 bits per heavy atom. The number of likely N-dealkylation sites (tertiary alicyclic amines) is 1. The van der Waals surface area contributed by atoms with Crippen molar-refractivity contribution < 1.29 is 4.79 Å².